The number of carboxylic acids is 2. The second-order valence-electron chi connectivity index (χ2n) is 12.2. The largest absolute Gasteiger partial charge is 0.478 e. The number of carbonyl (C=O) groups is 4. The van der Waals surface area contributed by atoms with Gasteiger partial charge < -0.3 is 39.4 Å². The smallest absolute Gasteiger partial charge is 0.331 e. The highest BCUT2D eigenvalue weighted by atomic mass is 32.1. The van der Waals surface area contributed by atoms with Gasteiger partial charge in [0.15, 0.2) is 0 Å². The van der Waals surface area contributed by atoms with E-state index in [0.29, 0.717) is 63.3 Å². The van der Waals surface area contributed by atoms with Gasteiger partial charge in [0.1, 0.15) is 12.7 Å². The molecule has 0 radical (unpaired) electrons. The molecule has 1 fully saturated rings. The number of rotatable bonds is 22. The third kappa shape index (κ3) is 22.9. The SMILES string of the molecule is CCCCCCCCCCCCOC(=O)/C=C\C(=O)O[C@@H](CNC(C)(C)C)COc1nsnc1N1CCOCC1.O=C(O)/C=C\C(=O)O. The molecular weight excluding hydrogens is 644 g/mol. The van der Waals surface area contributed by atoms with Crippen LogP contribution in [0.2, 0.25) is 0 Å². The van der Waals surface area contributed by atoms with Crippen LogP contribution in [-0.2, 0) is 33.4 Å². The molecule has 0 bridgehead atoms. The Balaban J connectivity index is 0.00000127. The van der Waals surface area contributed by atoms with Crippen molar-refractivity contribution in [2.45, 2.75) is 104 Å². The Morgan fingerprint density at radius 3 is 2.00 bits per heavy atom. The predicted molar refractivity (Wildman–Crippen MR) is 182 cm³/mol. The number of nitrogens with zero attached hydrogens (tertiary/aromatic N) is 3. The Hall–Kier alpha value is -3.56. The number of carbonyl (C=O) groups excluding carboxylic acids is 2. The van der Waals surface area contributed by atoms with Gasteiger partial charge in [0.25, 0.3) is 5.88 Å². The summed E-state index contributed by atoms with van der Waals surface area (Å²) in [4.78, 5) is 45.7. The number of hydrogen-bond donors (Lipinski definition) is 3. The van der Waals surface area contributed by atoms with Crippen LogP contribution in [0.3, 0.4) is 0 Å². The Kier molecular flexibility index (Phi) is 22.5. The van der Waals surface area contributed by atoms with Crippen molar-refractivity contribution in [1.82, 2.24) is 14.1 Å². The van der Waals surface area contributed by atoms with Crippen molar-refractivity contribution >= 4 is 41.4 Å². The summed E-state index contributed by atoms with van der Waals surface area (Å²) in [7, 11) is 0. The van der Waals surface area contributed by atoms with E-state index in [1.165, 1.54) is 44.9 Å². The summed E-state index contributed by atoms with van der Waals surface area (Å²) in [5.41, 5.74) is -0.180. The van der Waals surface area contributed by atoms with Gasteiger partial charge in [-0.2, -0.15) is 4.37 Å². The molecule has 14 nitrogen and oxygen atoms in total. The van der Waals surface area contributed by atoms with Gasteiger partial charge in [-0.3, -0.25) is 0 Å². The molecule has 272 valence electrons. The summed E-state index contributed by atoms with van der Waals surface area (Å²) in [5, 5.41) is 19.0. The Morgan fingerprint density at radius 2 is 1.44 bits per heavy atom. The molecule has 1 aromatic heterocycles. The van der Waals surface area contributed by atoms with Crippen molar-refractivity contribution in [3.63, 3.8) is 0 Å². The number of morpholine rings is 1. The molecule has 0 aliphatic carbocycles. The number of aliphatic carboxylic acids is 2. The lowest BCUT2D eigenvalue weighted by atomic mass is 10.1. The molecule has 0 aromatic carbocycles. The van der Waals surface area contributed by atoms with E-state index in [2.05, 4.69) is 25.9 Å². The molecule has 0 saturated carbocycles. The fraction of sp³-hybridized carbons (Fsp3) is 0.697. The highest BCUT2D eigenvalue weighted by molar-refractivity contribution is 6.99. The van der Waals surface area contributed by atoms with Gasteiger partial charge in [-0.15, -0.1) is 4.37 Å². The molecule has 2 heterocycles. The number of aromatic nitrogens is 2. The van der Waals surface area contributed by atoms with E-state index in [-0.39, 0.29) is 12.1 Å². The standard InChI is InChI=1S/C29H50N4O6S.C4H4O4/c1-5-6-7-8-9-10-11-12-13-14-19-37-25(34)15-16-26(35)39-24(22-30-29(2,3)4)23-38-28-27(31-40-32-28)33-17-20-36-21-18-33;5-3(6)1-2-4(7)8/h15-16,24,30H,5-14,17-23H2,1-4H3;1-2H,(H,5,6)(H,7,8)/b16-15-;2-1-/t24-;/m0./s1. The number of carboxylic acid groups (broad SMARTS) is 2. The summed E-state index contributed by atoms with van der Waals surface area (Å²) in [5.74, 6) is -2.61. The summed E-state index contributed by atoms with van der Waals surface area (Å²) < 4.78 is 30.8. The summed E-state index contributed by atoms with van der Waals surface area (Å²) in [6, 6.07) is 0. The molecule has 1 aromatic rings. The molecule has 0 spiro atoms. The van der Waals surface area contributed by atoms with Crippen LogP contribution in [0.5, 0.6) is 5.88 Å². The molecule has 0 unspecified atom stereocenters. The predicted octanol–water partition coefficient (Wildman–Crippen LogP) is 4.79. The molecule has 1 atom stereocenters. The number of ether oxygens (including phenoxy) is 4. The fourth-order valence-electron chi connectivity index (χ4n) is 4.25. The van der Waals surface area contributed by atoms with Crippen LogP contribution < -0.4 is 15.0 Å². The highest BCUT2D eigenvalue weighted by Crippen LogP contribution is 2.26. The molecule has 0 amide bonds. The first-order valence-electron chi connectivity index (χ1n) is 16.6. The van der Waals surface area contributed by atoms with E-state index >= 15 is 0 Å². The Bertz CT molecular complexity index is 1110. The zero-order valence-corrected chi connectivity index (χ0v) is 29.6. The van der Waals surface area contributed by atoms with Crippen LogP contribution in [0, 0.1) is 0 Å². The van der Waals surface area contributed by atoms with Crippen molar-refractivity contribution in [2.75, 3.05) is 51.0 Å². The first-order chi connectivity index (χ1) is 22.9. The second kappa shape index (κ2) is 25.5. The lowest BCUT2D eigenvalue weighted by molar-refractivity contribution is -0.145. The van der Waals surface area contributed by atoms with E-state index in [1.807, 2.05) is 20.8 Å². The normalized spacial score (nSPS) is 14.0. The molecule has 2 rings (SSSR count). The molecule has 1 saturated heterocycles. The van der Waals surface area contributed by atoms with Crippen LogP contribution in [-0.4, -0.2) is 101 Å². The molecule has 3 N–H and O–H groups in total. The van der Waals surface area contributed by atoms with Crippen LogP contribution >= 0.6 is 11.7 Å². The zero-order valence-electron chi connectivity index (χ0n) is 28.8. The van der Waals surface area contributed by atoms with Crippen LogP contribution in [0.4, 0.5) is 5.82 Å². The van der Waals surface area contributed by atoms with Crippen molar-refractivity contribution in [3.05, 3.63) is 24.3 Å². The molecule has 48 heavy (non-hydrogen) atoms. The molecule has 15 heteroatoms. The van der Waals surface area contributed by atoms with E-state index < -0.39 is 30.0 Å². The van der Waals surface area contributed by atoms with Crippen molar-refractivity contribution in [2.24, 2.45) is 0 Å². The number of nitrogens with one attached hydrogen (secondary N) is 1. The Morgan fingerprint density at radius 1 is 0.875 bits per heavy atom. The summed E-state index contributed by atoms with van der Waals surface area (Å²) >= 11 is 1.08. The fourth-order valence-corrected chi connectivity index (χ4v) is 4.77. The third-order valence-electron chi connectivity index (χ3n) is 6.77. The Labute approximate surface area is 288 Å². The second-order valence-corrected chi connectivity index (χ2v) is 12.7. The molecular formula is C33H54N4O10S. The number of hydrogen-bond acceptors (Lipinski definition) is 13. The highest BCUT2D eigenvalue weighted by Gasteiger charge is 2.23. The van der Waals surface area contributed by atoms with Crippen molar-refractivity contribution in [3.8, 4) is 5.88 Å². The maximum Gasteiger partial charge on any atom is 0.331 e. The lowest BCUT2D eigenvalue weighted by Gasteiger charge is -2.27. The van der Waals surface area contributed by atoms with E-state index in [0.717, 1.165) is 43.1 Å². The van der Waals surface area contributed by atoms with Gasteiger partial charge in [0.2, 0.25) is 5.82 Å². The minimum atomic E-state index is -1.26. The molecule has 1 aliphatic rings. The van der Waals surface area contributed by atoms with Crippen LogP contribution in [0.25, 0.3) is 0 Å². The van der Waals surface area contributed by atoms with Gasteiger partial charge in [0.05, 0.1) is 31.5 Å². The van der Waals surface area contributed by atoms with Gasteiger partial charge in [-0.05, 0) is 27.2 Å². The number of esters is 2. The van der Waals surface area contributed by atoms with Gasteiger partial charge in [0, 0.05) is 49.5 Å². The van der Waals surface area contributed by atoms with Gasteiger partial charge >= 0.3 is 23.9 Å². The van der Waals surface area contributed by atoms with Gasteiger partial charge in [-0.1, -0.05) is 64.7 Å². The zero-order chi connectivity index (χ0) is 35.6. The molecule has 1 aliphatic heterocycles. The lowest BCUT2D eigenvalue weighted by Crippen LogP contribution is -2.44. The maximum atomic E-state index is 12.5. The van der Waals surface area contributed by atoms with Crippen LogP contribution in [0.15, 0.2) is 24.3 Å². The average Bonchev–Trinajstić information content (AvgIpc) is 3.52. The van der Waals surface area contributed by atoms with Crippen molar-refractivity contribution < 1.29 is 48.3 Å². The topological polar surface area (TPSA) is 187 Å². The van der Waals surface area contributed by atoms with E-state index in [1.54, 1.807) is 0 Å². The first-order valence-corrected chi connectivity index (χ1v) is 17.4. The first kappa shape index (κ1) is 42.5. The third-order valence-corrected chi connectivity index (χ3v) is 7.27. The number of anilines is 1. The van der Waals surface area contributed by atoms with Crippen molar-refractivity contribution in [1.29, 1.82) is 0 Å². The summed E-state index contributed by atoms with van der Waals surface area (Å²) in [6.07, 6.45) is 14.9. The maximum absolute atomic E-state index is 12.5. The monoisotopic (exact) mass is 698 g/mol. The minimum absolute atomic E-state index is 0.0919. The minimum Gasteiger partial charge on any atom is -0.478 e. The number of unbranched alkanes of at least 4 members (excludes halogenated alkanes) is 9. The van der Waals surface area contributed by atoms with Gasteiger partial charge in [-0.25, -0.2) is 19.2 Å². The van der Waals surface area contributed by atoms with E-state index in [9.17, 15) is 19.2 Å². The quantitative estimate of drug-likeness (QED) is 0.0853. The summed E-state index contributed by atoms with van der Waals surface area (Å²) in [6.45, 7) is 11.8. The average molecular weight is 699 g/mol. The van der Waals surface area contributed by atoms with Crippen LogP contribution in [0.1, 0.15) is 91.9 Å². The van der Waals surface area contributed by atoms with E-state index in [4.69, 9.17) is 29.2 Å².